The molecule has 0 radical (unpaired) electrons. The number of benzene rings is 2. The smallest absolute Gasteiger partial charge is 0.124 e. The van der Waals surface area contributed by atoms with Gasteiger partial charge in [0.15, 0.2) is 0 Å². The Kier molecular flexibility index (Phi) is 3.16. The molecule has 0 aliphatic rings. The van der Waals surface area contributed by atoms with E-state index in [1.54, 1.807) is 6.07 Å². The number of hydrogen-bond donors (Lipinski definition) is 3. The van der Waals surface area contributed by atoms with Gasteiger partial charge in [0.05, 0.1) is 5.52 Å². The maximum absolute atomic E-state index is 13.5. The lowest BCUT2D eigenvalue weighted by Gasteiger charge is -2.09. The third-order valence-corrected chi connectivity index (χ3v) is 2.99. The van der Waals surface area contributed by atoms with E-state index in [1.165, 1.54) is 6.07 Å². The molecule has 4 heteroatoms. The largest absolute Gasteiger partial charge is 0.361 e. The second kappa shape index (κ2) is 5.12. The van der Waals surface area contributed by atoms with E-state index in [-0.39, 0.29) is 5.82 Å². The van der Waals surface area contributed by atoms with E-state index in [2.05, 4.69) is 15.8 Å². The lowest BCUT2D eigenvalue weighted by Crippen LogP contribution is -2.21. The number of rotatable bonds is 4. The minimum absolute atomic E-state index is 0.219. The molecule has 0 unspecified atom stereocenters. The number of para-hydroxylation sites is 1. The fourth-order valence-electron chi connectivity index (χ4n) is 2.11. The van der Waals surface area contributed by atoms with Crippen molar-refractivity contribution >= 4 is 16.6 Å². The van der Waals surface area contributed by atoms with Crippen molar-refractivity contribution < 1.29 is 4.39 Å². The van der Waals surface area contributed by atoms with Crippen LogP contribution in [-0.2, 0) is 6.54 Å². The van der Waals surface area contributed by atoms with Crippen LogP contribution in [0.5, 0.6) is 0 Å². The highest BCUT2D eigenvalue weighted by Crippen LogP contribution is 2.19. The van der Waals surface area contributed by atoms with E-state index in [1.807, 2.05) is 42.6 Å². The molecule has 0 amide bonds. The Labute approximate surface area is 110 Å². The summed E-state index contributed by atoms with van der Waals surface area (Å²) >= 11 is 0. The van der Waals surface area contributed by atoms with Crippen LogP contribution < -0.4 is 10.9 Å². The first-order chi connectivity index (χ1) is 9.33. The standard InChI is InChI=1S/C15H14FN3/c16-13-8-11-6-7-17-15(11)12(9-13)10-18-19-14-4-2-1-3-5-14/h1-9,17-19H,10H2. The molecule has 2 aromatic carbocycles. The van der Waals surface area contributed by atoms with Gasteiger partial charge in [0.2, 0.25) is 0 Å². The monoisotopic (exact) mass is 255 g/mol. The number of nitrogens with one attached hydrogen (secondary N) is 3. The number of hydrogen-bond acceptors (Lipinski definition) is 2. The first-order valence-corrected chi connectivity index (χ1v) is 6.12. The number of anilines is 1. The summed E-state index contributed by atoms with van der Waals surface area (Å²) in [5.41, 5.74) is 9.00. The molecule has 0 bridgehead atoms. The molecule has 1 heterocycles. The first kappa shape index (κ1) is 11.7. The molecule has 0 saturated heterocycles. The second-order valence-electron chi connectivity index (χ2n) is 4.35. The fraction of sp³-hybridized carbons (Fsp3) is 0.0667. The maximum atomic E-state index is 13.5. The van der Waals surface area contributed by atoms with Crippen LogP contribution in [0.25, 0.3) is 10.9 Å². The van der Waals surface area contributed by atoms with Crippen molar-refractivity contribution in [1.29, 1.82) is 0 Å². The molecule has 0 fully saturated rings. The number of aromatic nitrogens is 1. The average Bonchev–Trinajstić information content (AvgIpc) is 2.88. The zero-order chi connectivity index (χ0) is 13.1. The summed E-state index contributed by atoms with van der Waals surface area (Å²) in [4.78, 5) is 3.13. The molecule has 19 heavy (non-hydrogen) atoms. The normalized spacial score (nSPS) is 10.8. The number of hydrazine groups is 1. The van der Waals surface area contributed by atoms with Gasteiger partial charge in [0.25, 0.3) is 0 Å². The van der Waals surface area contributed by atoms with Gasteiger partial charge in [-0.3, -0.25) is 0 Å². The van der Waals surface area contributed by atoms with E-state index in [0.29, 0.717) is 6.54 Å². The van der Waals surface area contributed by atoms with E-state index in [9.17, 15) is 4.39 Å². The van der Waals surface area contributed by atoms with Crippen LogP contribution in [0.4, 0.5) is 10.1 Å². The van der Waals surface area contributed by atoms with Gasteiger partial charge < -0.3 is 10.4 Å². The van der Waals surface area contributed by atoms with Crippen molar-refractivity contribution in [2.45, 2.75) is 6.54 Å². The van der Waals surface area contributed by atoms with Gasteiger partial charge in [-0.25, -0.2) is 9.82 Å². The van der Waals surface area contributed by atoms with Crippen LogP contribution in [0.2, 0.25) is 0 Å². The van der Waals surface area contributed by atoms with Crippen LogP contribution in [0.3, 0.4) is 0 Å². The molecular formula is C15H14FN3. The molecule has 0 atom stereocenters. The summed E-state index contributed by atoms with van der Waals surface area (Å²) < 4.78 is 13.5. The summed E-state index contributed by atoms with van der Waals surface area (Å²) in [5, 5.41) is 0.886. The van der Waals surface area contributed by atoms with Crippen molar-refractivity contribution in [2.75, 3.05) is 5.43 Å². The highest BCUT2D eigenvalue weighted by molar-refractivity contribution is 5.82. The number of fused-ring (bicyclic) bond motifs is 1. The number of H-pyrrole nitrogens is 1. The topological polar surface area (TPSA) is 39.8 Å². The van der Waals surface area contributed by atoms with E-state index < -0.39 is 0 Å². The summed E-state index contributed by atoms with van der Waals surface area (Å²) in [7, 11) is 0. The Morgan fingerprint density at radius 2 is 1.89 bits per heavy atom. The van der Waals surface area contributed by atoms with E-state index in [4.69, 9.17) is 0 Å². The summed E-state index contributed by atoms with van der Waals surface area (Å²) in [6.45, 7) is 0.531. The van der Waals surface area contributed by atoms with Gasteiger partial charge in [-0.15, -0.1) is 0 Å². The van der Waals surface area contributed by atoms with Gasteiger partial charge in [0.1, 0.15) is 5.82 Å². The predicted molar refractivity (Wildman–Crippen MR) is 75.2 cm³/mol. The average molecular weight is 255 g/mol. The minimum atomic E-state index is -0.219. The Bertz CT molecular complexity index is 676. The van der Waals surface area contributed by atoms with Crippen LogP contribution in [-0.4, -0.2) is 4.98 Å². The van der Waals surface area contributed by atoms with Crippen molar-refractivity contribution in [3.8, 4) is 0 Å². The van der Waals surface area contributed by atoms with Crippen molar-refractivity contribution in [1.82, 2.24) is 10.4 Å². The first-order valence-electron chi connectivity index (χ1n) is 6.12. The third-order valence-electron chi connectivity index (χ3n) is 2.99. The minimum Gasteiger partial charge on any atom is -0.361 e. The molecular weight excluding hydrogens is 241 g/mol. The molecule has 96 valence electrons. The Morgan fingerprint density at radius 3 is 2.74 bits per heavy atom. The zero-order valence-corrected chi connectivity index (χ0v) is 10.3. The van der Waals surface area contributed by atoms with Crippen LogP contribution in [0, 0.1) is 5.82 Å². The van der Waals surface area contributed by atoms with Gasteiger partial charge in [0, 0.05) is 23.8 Å². The Hall–Kier alpha value is -2.33. The highest BCUT2D eigenvalue weighted by Gasteiger charge is 2.04. The van der Waals surface area contributed by atoms with Gasteiger partial charge >= 0.3 is 0 Å². The summed E-state index contributed by atoms with van der Waals surface area (Å²) in [6.07, 6.45) is 1.82. The fourth-order valence-corrected chi connectivity index (χ4v) is 2.11. The molecule has 3 aromatic rings. The summed E-state index contributed by atoms with van der Waals surface area (Å²) in [6, 6.07) is 14.7. The number of halogens is 1. The van der Waals surface area contributed by atoms with E-state index >= 15 is 0 Å². The lowest BCUT2D eigenvalue weighted by atomic mass is 10.1. The molecule has 3 N–H and O–H groups in total. The van der Waals surface area contributed by atoms with Gasteiger partial charge in [-0.05, 0) is 35.9 Å². The second-order valence-corrected chi connectivity index (χ2v) is 4.35. The quantitative estimate of drug-likeness (QED) is 0.625. The van der Waals surface area contributed by atoms with Crippen molar-refractivity contribution in [3.05, 3.63) is 66.1 Å². The molecule has 3 rings (SSSR count). The molecule has 0 aliphatic carbocycles. The lowest BCUT2D eigenvalue weighted by molar-refractivity contribution is 0.626. The van der Waals surface area contributed by atoms with Gasteiger partial charge in [-0.2, -0.15) is 0 Å². The molecule has 1 aromatic heterocycles. The molecule has 0 saturated carbocycles. The molecule has 3 nitrogen and oxygen atoms in total. The van der Waals surface area contributed by atoms with E-state index in [0.717, 1.165) is 22.2 Å². The van der Waals surface area contributed by atoms with Crippen molar-refractivity contribution in [2.24, 2.45) is 0 Å². The van der Waals surface area contributed by atoms with Crippen molar-refractivity contribution in [3.63, 3.8) is 0 Å². The van der Waals surface area contributed by atoms with Crippen LogP contribution in [0.1, 0.15) is 5.56 Å². The van der Waals surface area contributed by atoms with Crippen LogP contribution in [0.15, 0.2) is 54.7 Å². The molecule has 0 aliphatic heterocycles. The third kappa shape index (κ3) is 2.58. The maximum Gasteiger partial charge on any atom is 0.124 e. The number of aromatic amines is 1. The molecule has 0 spiro atoms. The van der Waals surface area contributed by atoms with Gasteiger partial charge in [-0.1, -0.05) is 18.2 Å². The predicted octanol–water partition coefficient (Wildman–Crippen LogP) is 3.42. The Morgan fingerprint density at radius 1 is 1.05 bits per heavy atom. The zero-order valence-electron chi connectivity index (χ0n) is 10.3. The highest BCUT2D eigenvalue weighted by atomic mass is 19.1. The summed E-state index contributed by atoms with van der Waals surface area (Å²) in [5.74, 6) is -0.219. The Balaban J connectivity index is 1.73. The van der Waals surface area contributed by atoms with Crippen LogP contribution >= 0.6 is 0 Å². The SMILES string of the molecule is Fc1cc(CNNc2ccccc2)c2[nH]ccc2c1.